The fourth-order valence-corrected chi connectivity index (χ4v) is 9.31. The molecule has 428 valence electrons. The molecule has 44 heteroatoms. The van der Waals surface area contributed by atoms with Gasteiger partial charge in [0.2, 0.25) is 10.8 Å². The van der Waals surface area contributed by atoms with Crippen LogP contribution in [0.4, 0.5) is 105 Å². The minimum atomic E-state index is -6.60. The highest BCUT2D eigenvalue weighted by atomic mass is 127. The number of rotatable bonds is 9. The number of benzene rings is 2. The van der Waals surface area contributed by atoms with Crippen LogP contribution in [-0.2, 0) is 60.7 Å². The maximum absolute atomic E-state index is 12.5. The summed E-state index contributed by atoms with van der Waals surface area (Å²) in [5.41, 5.74) is -24.6. The number of alkyl halides is 23. The van der Waals surface area contributed by atoms with Crippen molar-refractivity contribution < 1.29 is 165 Å². The highest BCUT2D eigenvalue weighted by Crippen LogP contribution is 2.37. The number of nitrogens with zero attached hydrogens (tertiary/aromatic N) is 4. The van der Waals surface area contributed by atoms with Crippen molar-refractivity contribution in [3.63, 3.8) is 0 Å². The smallest absolute Gasteiger partial charge is 0.341 e. The zero-order valence-electron chi connectivity index (χ0n) is 35.0. The lowest BCUT2D eigenvalue weighted by atomic mass is 10.3. The molecule has 0 fully saturated rings. The summed E-state index contributed by atoms with van der Waals surface area (Å²) >= 11 is 0.651. The molecule has 0 unspecified atom stereocenters. The molecule has 0 aliphatic rings. The van der Waals surface area contributed by atoms with E-state index in [1.165, 1.54) is 42.1 Å². The normalized spacial score (nSPS) is 13.2. The van der Waals surface area contributed by atoms with Crippen molar-refractivity contribution in [3.8, 4) is 0 Å². The van der Waals surface area contributed by atoms with Crippen LogP contribution in [0, 0.1) is 18.8 Å². The van der Waals surface area contributed by atoms with Gasteiger partial charge >= 0.3 is 108 Å². The molecule has 0 radical (unpaired) electrons. The fourth-order valence-electron chi connectivity index (χ4n) is 2.90. The predicted molar refractivity (Wildman–Crippen MR) is 206 cm³/mol. The SMILES string of the molecule is C[n+]1ccn(CC(F)(F)C(F)(F)F)c1.Cn1ccnc1.Fc1ccc(I)cc1.Fc1ccc([I+]CC(F)(F)C(F)(F)F)cc1.O=S(=O)(NS(=O)(=O)C(F)(F)F)C(F)(F)F.O=S(=O)(NS(=O)(=O)C(F)(F)F)C(F)(F)F. The summed E-state index contributed by atoms with van der Waals surface area (Å²) in [6.07, 6.45) is -1.94. The number of imidazole rings is 2. The van der Waals surface area contributed by atoms with Gasteiger partial charge in [0.1, 0.15) is 24.0 Å². The number of aryl methyl sites for hydroxylation is 2. The van der Waals surface area contributed by atoms with Gasteiger partial charge in [-0.05, 0) is 71.1 Å². The van der Waals surface area contributed by atoms with Gasteiger partial charge < -0.3 is 4.57 Å². The number of nitrogens with one attached hydrogen (secondary N) is 2. The Labute approximate surface area is 423 Å². The molecule has 0 saturated carbocycles. The number of sulfonamides is 4. The van der Waals surface area contributed by atoms with Crippen molar-refractivity contribution in [3.05, 3.63) is 105 Å². The Morgan fingerprint density at radius 2 is 0.892 bits per heavy atom. The predicted octanol–water partition coefficient (Wildman–Crippen LogP) is 5.19. The Kier molecular flexibility index (Phi) is 26.5. The maximum atomic E-state index is 12.5. The molecular formula is C30H26F24I2N6O8S4+2. The summed E-state index contributed by atoms with van der Waals surface area (Å²) in [5.74, 6) is -10.1. The van der Waals surface area contributed by atoms with Crippen molar-refractivity contribution in [1.82, 2.24) is 22.4 Å². The molecule has 0 atom stereocenters. The lowest BCUT2D eigenvalue weighted by molar-refractivity contribution is -0.671. The van der Waals surface area contributed by atoms with Crippen LogP contribution in [0.3, 0.4) is 0 Å². The highest BCUT2D eigenvalue weighted by molar-refractivity contribution is 14.1. The van der Waals surface area contributed by atoms with E-state index in [2.05, 4.69) is 27.6 Å². The first kappa shape index (κ1) is 72.4. The summed E-state index contributed by atoms with van der Waals surface area (Å²) < 4.78 is 366. The monoisotopic (exact) mass is 1440 g/mol. The van der Waals surface area contributed by atoms with Crippen LogP contribution < -0.4 is 34.0 Å². The van der Waals surface area contributed by atoms with Crippen LogP contribution in [0.1, 0.15) is 0 Å². The van der Waals surface area contributed by atoms with Gasteiger partial charge in [0.25, 0.3) is 0 Å². The van der Waals surface area contributed by atoms with E-state index in [9.17, 15) is 139 Å². The molecule has 2 N–H and O–H groups in total. The average Bonchev–Trinajstić information content (AvgIpc) is 3.83. The minimum Gasteiger partial charge on any atom is -0.341 e. The van der Waals surface area contributed by atoms with Crippen molar-refractivity contribution >= 4 is 62.7 Å². The van der Waals surface area contributed by atoms with Crippen LogP contribution in [-0.4, -0.2) is 98.4 Å². The first-order valence-electron chi connectivity index (χ1n) is 16.9. The number of hydrogen-bond donors (Lipinski definition) is 2. The number of hydrogen-bond acceptors (Lipinski definition) is 9. The zero-order chi connectivity index (χ0) is 59.2. The molecule has 4 rings (SSSR count). The molecule has 0 bridgehead atoms. The average molecular weight is 1440 g/mol. The molecule has 2 heterocycles. The van der Waals surface area contributed by atoms with Crippen LogP contribution in [0.25, 0.3) is 0 Å². The molecule has 0 amide bonds. The largest absolute Gasteiger partial charge is 0.512 e. The molecule has 2 aromatic heterocycles. The van der Waals surface area contributed by atoms with Crippen LogP contribution in [0.15, 0.2) is 86.0 Å². The number of halogens is 26. The van der Waals surface area contributed by atoms with Gasteiger partial charge in [-0.15, -0.1) is 0 Å². The summed E-state index contributed by atoms with van der Waals surface area (Å²) in [6, 6.07) is 10.9. The van der Waals surface area contributed by atoms with Crippen molar-refractivity contribution in [2.24, 2.45) is 14.1 Å². The molecular weight excluding hydrogens is 1410 g/mol. The Hall–Kier alpha value is -3.64. The van der Waals surface area contributed by atoms with Crippen molar-refractivity contribution in [1.29, 1.82) is 0 Å². The molecule has 0 aliphatic heterocycles. The second-order valence-corrected chi connectivity index (χ2v) is 23.7. The van der Waals surface area contributed by atoms with E-state index in [0.717, 1.165) is 32.8 Å². The molecule has 4 aromatic rings. The molecule has 2 aromatic carbocycles. The van der Waals surface area contributed by atoms with Gasteiger partial charge in [0.05, 0.1) is 13.4 Å². The summed E-state index contributed by atoms with van der Waals surface area (Å²) in [6.45, 7) is -1.39. The van der Waals surface area contributed by atoms with Gasteiger partial charge in [0.15, 0.2) is 10.1 Å². The number of aromatic nitrogens is 4. The summed E-state index contributed by atoms with van der Waals surface area (Å²) in [5, 5.41) is 0. The third kappa shape index (κ3) is 25.9. The lowest BCUT2D eigenvalue weighted by Gasteiger charge is -2.16. The summed E-state index contributed by atoms with van der Waals surface area (Å²) in [7, 11) is -22.9. The van der Waals surface area contributed by atoms with E-state index in [1.807, 2.05) is 17.8 Å². The van der Waals surface area contributed by atoms with E-state index in [1.54, 1.807) is 24.7 Å². The van der Waals surface area contributed by atoms with Crippen molar-refractivity contribution in [2.75, 3.05) is 4.43 Å². The summed E-state index contributed by atoms with van der Waals surface area (Å²) in [4.78, 5) is 3.78. The zero-order valence-corrected chi connectivity index (χ0v) is 42.6. The van der Waals surface area contributed by atoms with Crippen LogP contribution in [0.5, 0.6) is 0 Å². The Morgan fingerprint density at radius 1 is 0.554 bits per heavy atom. The second-order valence-electron chi connectivity index (χ2n) is 12.5. The Morgan fingerprint density at radius 3 is 1.12 bits per heavy atom. The highest BCUT2D eigenvalue weighted by Gasteiger charge is 2.61. The first-order valence-corrected chi connectivity index (χ1v) is 26.6. The lowest BCUT2D eigenvalue weighted by Crippen LogP contribution is -3.63. The molecule has 14 nitrogen and oxygen atoms in total. The standard InChI is InChI=1S/C9H6F6I.C7H8F5N2.C6H4FI.C4H6N2.2C2HF6NO4S2/c10-6-1-3-7(4-2-6)16-5-8(11,12)9(13,14)15;1-13-2-3-14(5-13)4-6(8,9)7(10,11)12;7-5-1-3-6(8)4-2-5;1-6-3-2-5-4-6;2*3-1(4,5)14(10,11)9-15(12,13)2(6,7)8/h1-4H,5H2;2-3,5H,4H2,1H3;1-4H;2-4H,1H3;2*9H/q2*+1;;;;. The minimum absolute atomic E-state index is 0.176. The quantitative estimate of drug-likeness (QED) is 0.0985. The maximum Gasteiger partial charge on any atom is 0.512 e. The third-order valence-electron chi connectivity index (χ3n) is 6.32. The van der Waals surface area contributed by atoms with Crippen molar-refractivity contribution in [2.45, 2.75) is 52.8 Å². The second kappa shape index (κ2) is 27.1. The third-order valence-corrected chi connectivity index (χ3v) is 15.9. The van der Waals surface area contributed by atoms with Gasteiger partial charge in [-0.25, -0.2) is 56.6 Å². The van der Waals surface area contributed by atoms with E-state index >= 15 is 0 Å². The van der Waals surface area contributed by atoms with E-state index in [0.29, 0.717) is 3.57 Å². The van der Waals surface area contributed by atoms with E-state index in [4.69, 9.17) is 0 Å². The van der Waals surface area contributed by atoms with Crippen LogP contribution >= 0.6 is 22.6 Å². The first-order chi connectivity index (χ1) is 32.5. The van der Waals surface area contributed by atoms with Gasteiger partial charge in [0, 0.05) is 23.0 Å². The van der Waals surface area contributed by atoms with E-state index in [-0.39, 0.29) is 5.82 Å². The van der Waals surface area contributed by atoms with E-state index < -0.39 is 133 Å². The molecule has 0 aliphatic carbocycles. The molecule has 0 spiro atoms. The topological polar surface area (TPSA) is 187 Å². The molecule has 74 heavy (non-hydrogen) atoms. The fraction of sp³-hybridized carbons (Fsp3) is 0.400. The van der Waals surface area contributed by atoms with Gasteiger partial charge in [-0.3, -0.25) is 0 Å². The Balaban J connectivity index is 0. The Bertz CT molecular complexity index is 2590. The van der Waals surface area contributed by atoms with Gasteiger partial charge in [-0.2, -0.15) is 96.6 Å². The van der Waals surface area contributed by atoms with Crippen LogP contribution in [0.2, 0.25) is 0 Å². The van der Waals surface area contributed by atoms with Gasteiger partial charge in [-0.1, -0.05) is 8.25 Å². The molecule has 0 saturated heterocycles.